The Labute approximate surface area is 119 Å². The van der Waals surface area contributed by atoms with Crippen molar-refractivity contribution in [2.75, 3.05) is 5.32 Å². The molecule has 19 heavy (non-hydrogen) atoms. The molecule has 6 heteroatoms. The molecule has 0 atom stereocenters. The van der Waals surface area contributed by atoms with Gasteiger partial charge < -0.3 is 5.32 Å². The first kappa shape index (κ1) is 12.2. The van der Waals surface area contributed by atoms with E-state index < -0.39 is 0 Å². The van der Waals surface area contributed by atoms with Gasteiger partial charge in [-0.3, -0.25) is 5.10 Å². The van der Waals surface area contributed by atoms with Crippen molar-refractivity contribution in [3.05, 3.63) is 52.6 Å². The fraction of sp³-hybridized carbons (Fsp3) is 0.0769. The number of aromatic nitrogens is 3. The van der Waals surface area contributed by atoms with Crippen LogP contribution in [0.4, 0.5) is 5.69 Å². The van der Waals surface area contributed by atoms with E-state index in [-0.39, 0.29) is 0 Å². The van der Waals surface area contributed by atoms with E-state index in [9.17, 15) is 0 Å². The minimum atomic E-state index is 0.582. The SMILES string of the molecule is Clc1cccc(NCc2nc(-c3cccs3)n[nH]2)c1. The van der Waals surface area contributed by atoms with Gasteiger partial charge in [-0.15, -0.1) is 11.3 Å². The van der Waals surface area contributed by atoms with Gasteiger partial charge in [-0.2, -0.15) is 5.10 Å². The summed E-state index contributed by atoms with van der Waals surface area (Å²) in [6.45, 7) is 0.582. The Balaban J connectivity index is 1.68. The van der Waals surface area contributed by atoms with Crippen molar-refractivity contribution in [3.63, 3.8) is 0 Å². The van der Waals surface area contributed by atoms with E-state index in [4.69, 9.17) is 11.6 Å². The fourth-order valence-corrected chi connectivity index (χ4v) is 2.52. The number of rotatable bonds is 4. The molecule has 2 aromatic heterocycles. The second kappa shape index (κ2) is 5.42. The number of H-pyrrole nitrogens is 1. The summed E-state index contributed by atoms with van der Waals surface area (Å²) in [5.74, 6) is 1.53. The van der Waals surface area contributed by atoms with E-state index >= 15 is 0 Å². The molecule has 2 N–H and O–H groups in total. The van der Waals surface area contributed by atoms with Crippen molar-refractivity contribution in [2.24, 2.45) is 0 Å². The van der Waals surface area contributed by atoms with Crippen LogP contribution in [0.3, 0.4) is 0 Å². The molecule has 0 saturated heterocycles. The normalized spacial score (nSPS) is 10.6. The Morgan fingerprint density at radius 3 is 3.00 bits per heavy atom. The molecular weight excluding hydrogens is 280 g/mol. The van der Waals surface area contributed by atoms with E-state index in [1.54, 1.807) is 11.3 Å². The maximum absolute atomic E-state index is 5.92. The number of nitrogens with zero attached hydrogens (tertiary/aromatic N) is 2. The topological polar surface area (TPSA) is 53.6 Å². The first-order valence-electron chi connectivity index (χ1n) is 5.76. The zero-order valence-electron chi connectivity index (χ0n) is 9.93. The van der Waals surface area contributed by atoms with Crippen molar-refractivity contribution in [3.8, 4) is 10.7 Å². The molecule has 1 aromatic carbocycles. The van der Waals surface area contributed by atoms with Crippen molar-refractivity contribution in [1.29, 1.82) is 0 Å². The minimum Gasteiger partial charge on any atom is -0.378 e. The number of aromatic amines is 1. The second-order valence-corrected chi connectivity index (χ2v) is 5.33. The summed E-state index contributed by atoms with van der Waals surface area (Å²) >= 11 is 7.55. The molecule has 96 valence electrons. The number of benzene rings is 1. The highest BCUT2D eigenvalue weighted by molar-refractivity contribution is 7.13. The fourth-order valence-electron chi connectivity index (χ4n) is 1.67. The molecular formula is C13H11ClN4S. The van der Waals surface area contributed by atoms with Crippen molar-refractivity contribution < 1.29 is 0 Å². The van der Waals surface area contributed by atoms with Crippen LogP contribution in [-0.4, -0.2) is 15.2 Å². The standard InChI is InChI=1S/C13H11ClN4S/c14-9-3-1-4-10(7-9)15-8-12-16-13(18-17-12)11-5-2-6-19-11/h1-7,15H,8H2,(H,16,17,18). The summed E-state index contributed by atoms with van der Waals surface area (Å²) in [7, 11) is 0. The molecule has 0 aliphatic heterocycles. The lowest BCUT2D eigenvalue weighted by atomic mass is 10.3. The number of hydrogen-bond donors (Lipinski definition) is 2. The predicted octanol–water partition coefficient (Wildman–Crippen LogP) is 3.80. The van der Waals surface area contributed by atoms with Gasteiger partial charge >= 0.3 is 0 Å². The molecule has 4 nitrogen and oxygen atoms in total. The average Bonchev–Trinajstić information content (AvgIpc) is 3.07. The molecule has 0 unspecified atom stereocenters. The van der Waals surface area contributed by atoms with Gasteiger partial charge in [0.1, 0.15) is 5.82 Å². The lowest BCUT2D eigenvalue weighted by Gasteiger charge is -2.03. The molecule has 0 bridgehead atoms. The first-order chi connectivity index (χ1) is 9.31. The highest BCUT2D eigenvalue weighted by Gasteiger charge is 2.06. The van der Waals surface area contributed by atoms with Gasteiger partial charge in [-0.25, -0.2) is 4.98 Å². The smallest absolute Gasteiger partial charge is 0.191 e. The van der Waals surface area contributed by atoms with Crippen LogP contribution >= 0.6 is 22.9 Å². The average molecular weight is 291 g/mol. The Morgan fingerprint density at radius 1 is 1.26 bits per heavy atom. The zero-order chi connectivity index (χ0) is 13.1. The molecule has 2 heterocycles. The quantitative estimate of drug-likeness (QED) is 0.768. The van der Waals surface area contributed by atoms with Crippen molar-refractivity contribution >= 4 is 28.6 Å². The largest absolute Gasteiger partial charge is 0.378 e. The van der Waals surface area contributed by atoms with Gasteiger partial charge in [0.05, 0.1) is 11.4 Å². The van der Waals surface area contributed by atoms with E-state index in [1.807, 2.05) is 41.8 Å². The summed E-state index contributed by atoms with van der Waals surface area (Å²) < 4.78 is 0. The Morgan fingerprint density at radius 2 is 2.21 bits per heavy atom. The van der Waals surface area contributed by atoms with Crippen molar-refractivity contribution in [2.45, 2.75) is 6.54 Å². The number of nitrogens with one attached hydrogen (secondary N) is 2. The van der Waals surface area contributed by atoms with Gasteiger partial charge in [0.15, 0.2) is 5.82 Å². The van der Waals surface area contributed by atoms with Crippen LogP contribution in [0, 0.1) is 0 Å². The third-order valence-electron chi connectivity index (χ3n) is 2.56. The van der Waals surface area contributed by atoms with E-state index in [2.05, 4.69) is 20.5 Å². The number of hydrogen-bond acceptors (Lipinski definition) is 4. The highest BCUT2D eigenvalue weighted by Crippen LogP contribution is 2.20. The Hall–Kier alpha value is -1.85. The summed E-state index contributed by atoms with van der Waals surface area (Å²) in [6.07, 6.45) is 0. The number of anilines is 1. The van der Waals surface area contributed by atoms with Gasteiger partial charge in [-0.05, 0) is 29.6 Å². The number of thiophene rings is 1. The maximum atomic E-state index is 5.92. The van der Waals surface area contributed by atoms with Crippen LogP contribution in [0.15, 0.2) is 41.8 Å². The van der Waals surface area contributed by atoms with Gasteiger partial charge in [0.2, 0.25) is 0 Å². The minimum absolute atomic E-state index is 0.582. The maximum Gasteiger partial charge on any atom is 0.191 e. The molecule has 0 aliphatic carbocycles. The summed E-state index contributed by atoms with van der Waals surface area (Å²) in [5, 5.41) is 13.1. The summed E-state index contributed by atoms with van der Waals surface area (Å²) in [5.41, 5.74) is 0.960. The molecule has 0 radical (unpaired) electrons. The van der Waals surface area contributed by atoms with Crippen LogP contribution in [-0.2, 0) is 6.54 Å². The molecule has 0 fully saturated rings. The monoisotopic (exact) mass is 290 g/mol. The molecule has 3 aromatic rings. The van der Waals surface area contributed by atoms with Crippen LogP contribution < -0.4 is 5.32 Å². The highest BCUT2D eigenvalue weighted by atomic mass is 35.5. The Kier molecular flexibility index (Phi) is 3.48. The summed E-state index contributed by atoms with van der Waals surface area (Å²) in [4.78, 5) is 5.50. The van der Waals surface area contributed by atoms with Gasteiger partial charge in [-0.1, -0.05) is 23.7 Å². The molecule has 0 spiro atoms. The lowest BCUT2D eigenvalue weighted by Crippen LogP contribution is -2.01. The number of halogens is 1. The van der Waals surface area contributed by atoms with Crippen molar-refractivity contribution in [1.82, 2.24) is 15.2 Å². The van der Waals surface area contributed by atoms with E-state index in [0.717, 1.165) is 22.2 Å². The predicted molar refractivity (Wildman–Crippen MR) is 78.5 cm³/mol. The summed E-state index contributed by atoms with van der Waals surface area (Å²) in [6, 6.07) is 11.6. The van der Waals surface area contributed by atoms with Crippen LogP contribution in [0.5, 0.6) is 0 Å². The zero-order valence-corrected chi connectivity index (χ0v) is 11.5. The molecule has 0 amide bonds. The van der Waals surface area contributed by atoms with Crippen LogP contribution in [0.1, 0.15) is 5.82 Å². The van der Waals surface area contributed by atoms with Crippen LogP contribution in [0.2, 0.25) is 5.02 Å². The molecule has 0 aliphatic rings. The third-order valence-corrected chi connectivity index (χ3v) is 3.66. The lowest BCUT2D eigenvalue weighted by molar-refractivity contribution is 0.955. The second-order valence-electron chi connectivity index (χ2n) is 3.95. The third kappa shape index (κ3) is 2.94. The molecule has 3 rings (SSSR count). The van der Waals surface area contributed by atoms with Crippen LogP contribution in [0.25, 0.3) is 10.7 Å². The Bertz CT molecular complexity index is 663. The first-order valence-corrected chi connectivity index (χ1v) is 7.01. The van der Waals surface area contributed by atoms with Gasteiger partial charge in [0.25, 0.3) is 0 Å². The molecule has 0 saturated carbocycles. The van der Waals surface area contributed by atoms with E-state index in [0.29, 0.717) is 11.6 Å². The van der Waals surface area contributed by atoms with E-state index in [1.165, 1.54) is 0 Å². The van der Waals surface area contributed by atoms with Gasteiger partial charge in [0, 0.05) is 10.7 Å².